The second-order valence-corrected chi connectivity index (χ2v) is 7.82. The van der Waals surface area contributed by atoms with Crippen LogP contribution in [0.25, 0.3) is 0 Å². The van der Waals surface area contributed by atoms with E-state index in [1.165, 1.54) is 6.42 Å². The van der Waals surface area contributed by atoms with Crippen LogP contribution in [0.4, 0.5) is 4.79 Å². The number of nitrogens with zero attached hydrogens (tertiary/aromatic N) is 2. The fourth-order valence-electron chi connectivity index (χ4n) is 3.39. The molecule has 5 heteroatoms. The van der Waals surface area contributed by atoms with E-state index in [-0.39, 0.29) is 12.2 Å². The molecule has 2 fully saturated rings. The summed E-state index contributed by atoms with van der Waals surface area (Å²) < 4.78 is 5.48. The molecule has 2 aliphatic heterocycles. The Kier molecular flexibility index (Phi) is 6.09. The summed E-state index contributed by atoms with van der Waals surface area (Å²) in [7, 11) is 0. The molecular formula is C17H32N2O3. The van der Waals surface area contributed by atoms with Crippen LogP contribution in [-0.4, -0.2) is 65.4 Å². The second kappa shape index (κ2) is 7.64. The minimum absolute atomic E-state index is 0.154. The molecule has 2 atom stereocenters. The Labute approximate surface area is 134 Å². The molecule has 0 aliphatic carbocycles. The highest BCUT2D eigenvalue weighted by Crippen LogP contribution is 2.22. The van der Waals surface area contributed by atoms with Gasteiger partial charge >= 0.3 is 6.09 Å². The molecule has 22 heavy (non-hydrogen) atoms. The molecule has 0 radical (unpaired) electrons. The third-order valence-electron chi connectivity index (χ3n) is 4.50. The molecule has 0 bridgehead atoms. The Morgan fingerprint density at radius 2 is 1.91 bits per heavy atom. The van der Waals surface area contributed by atoms with Crippen molar-refractivity contribution in [3.8, 4) is 0 Å². The minimum Gasteiger partial charge on any atom is -0.444 e. The number of amides is 1. The Hall–Kier alpha value is -0.810. The lowest BCUT2D eigenvalue weighted by Gasteiger charge is -2.36. The minimum atomic E-state index is -0.423. The summed E-state index contributed by atoms with van der Waals surface area (Å²) in [6, 6.07) is 0. The van der Waals surface area contributed by atoms with E-state index in [0.29, 0.717) is 5.92 Å². The van der Waals surface area contributed by atoms with Crippen molar-refractivity contribution in [3.63, 3.8) is 0 Å². The molecule has 0 unspecified atom stereocenters. The molecule has 0 aromatic carbocycles. The zero-order chi connectivity index (χ0) is 16.2. The van der Waals surface area contributed by atoms with Crippen molar-refractivity contribution in [2.75, 3.05) is 32.7 Å². The van der Waals surface area contributed by atoms with Crippen LogP contribution >= 0.6 is 0 Å². The Morgan fingerprint density at radius 3 is 2.59 bits per heavy atom. The van der Waals surface area contributed by atoms with Gasteiger partial charge in [0, 0.05) is 19.6 Å². The quantitative estimate of drug-likeness (QED) is 0.870. The number of piperidine rings is 2. The third kappa shape index (κ3) is 5.76. The average molecular weight is 312 g/mol. The van der Waals surface area contributed by atoms with E-state index >= 15 is 0 Å². The summed E-state index contributed by atoms with van der Waals surface area (Å²) in [4.78, 5) is 16.4. The van der Waals surface area contributed by atoms with Crippen LogP contribution in [0.2, 0.25) is 0 Å². The molecule has 1 amide bonds. The number of ether oxygens (including phenoxy) is 1. The van der Waals surface area contributed by atoms with E-state index in [1.54, 1.807) is 0 Å². The summed E-state index contributed by atoms with van der Waals surface area (Å²) in [5.41, 5.74) is -0.423. The number of carbonyl (C=O) groups excluding carboxylic acids is 1. The van der Waals surface area contributed by atoms with Gasteiger partial charge in [0.05, 0.1) is 6.10 Å². The van der Waals surface area contributed by atoms with E-state index in [4.69, 9.17) is 4.74 Å². The molecule has 128 valence electrons. The summed E-state index contributed by atoms with van der Waals surface area (Å²) in [6.07, 6.45) is 5.06. The highest BCUT2D eigenvalue weighted by molar-refractivity contribution is 5.68. The van der Waals surface area contributed by atoms with E-state index < -0.39 is 5.60 Å². The molecule has 5 nitrogen and oxygen atoms in total. The molecule has 0 spiro atoms. The van der Waals surface area contributed by atoms with Crippen molar-refractivity contribution in [2.45, 2.75) is 64.6 Å². The van der Waals surface area contributed by atoms with E-state index in [2.05, 4.69) is 4.90 Å². The first-order valence-electron chi connectivity index (χ1n) is 8.72. The SMILES string of the molecule is CC(C)(C)OC(=O)N1CCC[C@@H](CCN2CCC[C@@H](O)C2)C1. The fourth-order valence-corrected chi connectivity index (χ4v) is 3.39. The maximum absolute atomic E-state index is 12.2. The molecule has 2 saturated heterocycles. The number of carbonyl (C=O) groups is 1. The van der Waals surface area contributed by atoms with Crippen LogP contribution in [0.15, 0.2) is 0 Å². The van der Waals surface area contributed by atoms with Gasteiger partial charge in [-0.15, -0.1) is 0 Å². The van der Waals surface area contributed by atoms with Crippen LogP contribution in [0.5, 0.6) is 0 Å². The van der Waals surface area contributed by atoms with Gasteiger partial charge in [0.2, 0.25) is 0 Å². The van der Waals surface area contributed by atoms with Crippen molar-refractivity contribution in [3.05, 3.63) is 0 Å². The third-order valence-corrected chi connectivity index (χ3v) is 4.50. The van der Waals surface area contributed by atoms with Crippen molar-refractivity contribution in [2.24, 2.45) is 5.92 Å². The largest absolute Gasteiger partial charge is 0.444 e. The summed E-state index contributed by atoms with van der Waals surface area (Å²) >= 11 is 0. The predicted octanol–water partition coefficient (Wildman–Crippen LogP) is 2.48. The number of aliphatic hydroxyl groups excluding tert-OH is 1. The number of β-amino-alcohol motifs (C(OH)–C–C–N with tert-alkyl or cyclic N) is 1. The van der Waals surface area contributed by atoms with Gasteiger partial charge in [0.25, 0.3) is 0 Å². The lowest BCUT2D eigenvalue weighted by atomic mass is 9.94. The summed E-state index contributed by atoms with van der Waals surface area (Å²) in [6.45, 7) is 10.3. The number of hydrogen-bond donors (Lipinski definition) is 1. The molecule has 2 aliphatic rings. The molecule has 0 aromatic rings. The highest BCUT2D eigenvalue weighted by Gasteiger charge is 2.28. The normalized spacial score (nSPS) is 27.7. The van der Waals surface area contributed by atoms with Gasteiger partial charge in [-0.2, -0.15) is 0 Å². The lowest BCUT2D eigenvalue weighted by molar-refractivity contribution is 0.0148. The zero-order valence-electron chi connectivity index (χ0n) is 14.4. The van der Waals surface area contributed by atoms with Gasteiger partial charge in [-0.25, -0.2) is 4.79 Å². The zero-order valence-corrected chi connectivity index (χ0v) is 14.4. The van der Waals surface area contributed by atoms with Gasteiger partial charge in [-0.05, 0) is 71.9 Å². The predicted molar refractivity (Wildman–Crippen MR) is 86.8 cm³/mol. The Morgan fingerprint density at radius 1 is 1.18 bits per heavy atom. The van der Waals surface area contributed by atoms with Crippen LogP contribution in [0.1, 0.15) is 52.9 Å². The first-order chi connectivity index (χ1) is 10.3. The van der Waals surface area contributed by atoms with Gasteiger partial charge in [-0.3, -0.25) is 0 Å². The summed E-state index contributed by atoms with van der Waals surface area (Å²) in [5.74, 6) is 0.556. The van der Waals surface area contributed by atoms with Crippen LogP contribution < -0.4 is 0 Å². The number of likely N-dealkylation sites (tertiary alicyclic amines) is 2. The van der Waals surface area contributed by atoms with E-state index in [0.717, 1.165) is 58.4 Å². The van der Waals surface area contributed by atoms with Gasteiger partial charge in [0.1, 0.15) is 5.60 Å². The average Bonchev–Trinajstić information content (AvgIpc) is 2.44. The summed E-state index contributed by atoms with van der Waals surface area (Å²) in [5, 5.41) is 9.73. The number of rotatable bonds is 3. The number of hydrogen-bond acceptors (Lipinski definition) is 4. The maximum Gasteiger partial charge on any atom is 0.410 e. The van der Waals surface area contributed by atoms with Crippen molar-refractivity contribution >= 4 is 6.09 Å². The standard InChI is InChI=1S/C17H32N2O3/c1-17(2,3)22-16(21)19-10-4-6-14(12-19)8-11-18-9-5-7-15(20)13-18/h14-15,20H,4-13H2,1-3H3/t14-,15+/m0/s1. The Balaban J connectivity index is 1.74. The smallest absolute Gasteiger partial charge is 0.410 e. The molecule has 0 aromatic heterocycles. The molecule has 0 saturated carbocycles. The highest BCUT2D eigenvalue weighted by atomic mass is 16.6. The van der Waals surface area contributed by atoms with Crippen LogP contribution in [-0.2, 0) is 4.74 Å². The van der Waals surface area contributed by atoms with Crippen molar-refractivity contribution in [1.82, 2.24) is 9.80 Å². The monoisotopic (exact) mass is 312 g/mol. The van der Waals surface area contributed by atoms with Crippen LogP contribution in [0, 0.1) is 5.92 Å². The van der Waals surface area contributed by atoms with Crippen molar-refractivity contribution < 1.29 is 14.6 Å². The fraction of sp³-hybridized carbons (Fsp3) is 0.941. The Bertz CT molecular complexity index is 367. The first-order valence-corrected chi connectivity index (χ1v) is 8.72. The second-order valence-electron chi connectivity index (χ2n) is 7.82. The molecule has 2 rings (SSSR count). The molecular weight excluding hydrogens is 280 g/mol. The van der Waals surface area contributed by atoms with E-state index in [1.807, 2.05) is 25.7 Å². The molecule has 1 N–H and O–H groups in total. The van der Waals surface area contributed by atoms with E-state index in [9.17, 15) is 9.90 Å². The first kappa shape index (κ1) is 17.5. The lowest BCUT2D eigenvalue weighted by Crippen LogP contribution is -2.44. The topological polar surface area (TPSA) is 53.0 Å². The molecule has 2 heterocycles. The maximum atomic E-state index is 12.2. The van der Waals surface area contributed by atoms with Gasteiger partial charge < -0.3 is 19.6 Å². The van der Waals surface area contributed by atoms with Gasteiger partial charge in [-0.1, -0.05) is 0 Å². The van der Waals surface area contributed by atoms with Gasteiger partial charge in [0.15, 0.2) is 0 Å². The number of aliphatic hydroxyl groups is 1. The van der Waals surface area contributed by atoms with Crippen LogP contribution in [0.3, 0.4) is 0 Å². The van der Waals surface area contributed by atoms with Crippen molar-refractivity contribution in [1.29, 1.82) is 0 Å².